The lowest BCUT2D eigenvalue weighted by Crippen LogP contribution is -2.36. The summed E-state index contributed by atoms with van der Waals surface area (Å²) in [7, 11) is 4.02. The zero-order chi connectivity index (χ0) is 21.0. The van der Waals surface area contributed by atoms with E-state index in [-0.39, 0.29) is 5.91 Å². The van der Waals surface area contributed by atoms with E-state index in [1.807, 2.05) is 38.1 Å². The van der Waals surface area contributed by atoms with Gasteiger partial charge in [-0.15, -0.1) is 11.8 Å². The Bertz CT molecular complexity index is 986. The van der Waals surface area contributed by atoms with E-state index in [0.29, 0.717) is 18.0 Å². The van der Waals surface area contributed by atoms with E-state index in [9.17, 15) is 4.79 Å². The summed E-state index contributed by atoms with van der Waals surface area (Å²) in [5, 5.41) is 1.45. The molecule has 0 unspecified atom stereocenters. The number of thioether (sulfide) groups is 1. The Morgan fingerprint density at radius 3 is 2.52 bits per heavy atom. The third-order valence-electron chi connectivity index (χ3n) is 4.64. The summed E-state index contributed by atoms with van der Waals surface area (Å²) in [5.74, 6) is 0.852. The minimum absolute atomic E-state index is 0.106. The highest BCUT2D eigenvalue weighted by Crippen LogP contribution is 2.34. The molecule has 29 heavy (non-hydrogen) atoms. The number of aromatic nitrogens is 1. The molecule has 7 heteroatoms. The van der Waals surface area contributed by atoms with E-state index in [4.69, 9.17) is 16.6 Å². The predicted molar refractivity (Wildman–Crippen MR) is 127 cm³/mol. The van der Waals surface area contributed by atoms with Gasteiger partial charge in [0.25, 0.3) is 0 Å². The number of fused-ring (bicyclic) bond motifs is 1. The van der Waals surface area contributed by atoms with Crippen molar-refractivity contribution in [2.24, 2.45) is 0 Å². The Morgan fingerprint density at radius 2 is 1.83 bits per heavy atom. The second-order valence-corrected chi connectivity index (χ2v) is 9.86. The molecular weight excluding hydrogens is 422 g/mol. The number of thiazole rings is 1. The van der Waals surface area contributed by atoms with Crippen molar-refractivity contribution in [2.75, 3.05) is 37.8 Å². The number of hydrogen-bond donors (Lipinski definition) is 0. The van der Waals surface area contributed by atoms with E-state index in [0.717, 1.165) is 33.2 Å². The van der Waals surface area contributed by atoms with Gasteiger partial charge in [-0.05, 0) is 57.8 Å². The molecule has 0 aliphatic carbocycles. The highest BCUT2D eigenvalue weighted by atomic mass is 35.5. The van der Waals surface area contributed by atoms with Crippen molar-refractivity contribution in [3.05, 3.63) is 52.5 Å². The van der Waals surface area contributed by atoms with Gasteiger partial charge in [-0.25, -0.2) is 4.98 Å². The van der Waals surface area contributed by atoms with Gasteiger partial charge < -0.3 is 4.90 Å². The molecule has 3 rings (SSSR count). The number of likely N-dealkylation sites (N-methyl/N-ethyl adjacent to an activating group) is 1. The first-order chi connectivity index (χ1) is 13.8. The van der Waals surface area contributed by atoms with Crippen LogP contribution in [0.1, 0.15) is 17.5 Å². The first-order valence-corrected chi connectivity index (χ1v) is 11.7. The molecule has 3 aromatic rings. The van der Waals surface area contributed by atoms with Gasteiger partial charge in [-0.3, -0.25) is 9.69 Å². The molecule has 0 aliphatic rings. The molecule has 0 N–H and O–H groups in total. The average Bonchev–Trinajstić information content (AvgIpc) is 3.11. The third kappa shape index (κ3) is 5.72. The molecule has 1 aromatic heterocycles. The van der Waals surface area contributed by atoms with Gasteiger partial charge in [-0.2, -0.15) is 0 Å². The lowest BCUT2D eigenvalue weighted by atomic mass is 10.2. The molecule has 0 fully saturated rings. The highest BCUT2D eigenvalue weighted by molar-refractivity contribution is 7.99. The average molecular weight is 448 g/mol. The van der Waals surface area contributed by atoms with E-state index in [2.05, 4.69) is 36.1 Å². The Labute approximate surface area is 185 Å². The lowest BCUT2D eigenvalue weighted by Gasteiger charge is -2.22. The van der Waals surface area contributed by atoms with Crippen LogP contribution in [0.2, 0.25) is 5.02 Å². The molecule has 4 nitrogen and oxygen atoms in total. The van der Waals surface area contributed by atoms with Crippen molar-refractivity contribution in [2.45, 2.75) is 25.2 Å². The molecule has 0 spiro atoms. The van der Waals surface area contributed by atoms with E-state index in [1.165, 1.54) is 10.5 Å². The fourth-order valence-electron chi connectivity index (χ4n) is 2.86. The number of aryl methyl sites for hydroxylation is 2. The second-order valence-electron chi connectivity index (χ2n) is 7.28. The molecule has 0 atom stereocenters. The zero-order valence-electron chi connectivity index (χ0n) is 17.2. The molecule has 1 amide bonds. The SMILES string of the molecule is Cc1ccc(SCCC(=O)N(CCN(C)C)c2nc3c(C)c(Cl)ccc3s2)cc1. The second kappa shape index (κ2) is 9.94. The zero-order valence-corrected chi connectivity index (χ0v) is 19.6. The number of amides is 1. The van der Waals surface area contributed by atoms with Gasteiger partial charge in [0.1, 0.15) is 0 Å². The summed E-state index contributed by atoms with van der Waals surface area (Å²) >= 11 is 9.51. The van der Waals surface area contributed by atoms with Crippen LogP contribution in [0.4, 0.5) is 5.13 Å². The van der Waals surface area contributed by atoms with Crippen molar-refractivity contribution >= 4 is 56.0 Å². The smallest absolute Gasteiger partial charge is 0.229 e. The van der Waals surface area contributed by atoms with Crippen molar-refractivity contribution in [3.8, 4) is 0 Å². The predicted octanol–water partition coefficient (Wildman–Crippen LogP) is 5.64. The fourth-order valence-corrected chi connectivity index (χ4v) is 4.92. The molecule has 0 aliphatic heterocycles. The number of rotatable bonds is 8. The van der Waals surface area contributed by atoms with Gasteiger partial charge in [0, 0.05) is 35.2 Å². The minimum Gasteiger partial charge on any atom is -0.308 e. The Balaban J connectivity index is 1.74. The first-order valence-electron chi connectivity index (χ1n) is 9.55. The van der Waals surface area contributed by atoms with Crippen LogP contribution in [-0.2, 0) is 4.79 Å². The van der Waals surface area contributed by atoms with Gasteiger partial charge in [-0.1, -0.05) is 40.6 Å². The number of anilines is 1. The lowest BCUT2D eigenvalue weighted by molar-refractivity contribution is -0.118. The topological polar surface area (TPSA) is 36.4 Å². The maximum atomic E-state index is 13.1. The summed E-state index contributed by atoms with van der Waals surface area (Å²) in [6.45, 7) is 5.45. The largest absolute Gasteiger partial charge is 0.308 e. The summed E-state index contributed by atoms with van der Waals surface area (Å²) < 4.78 is 1.05. The molecule has 0 saturated heterocycles. The molecular formula is C22H26ClN3OS2. The molecule has 0 radical (unpaired) electrons. The normalized spacial score (nSPS) is 11.4. The molecule has 1 heterocycles. The monoisotopic (exact) mass is 447 g/mol. The van der Waals surface area contributed by atoms with Crippen molar-refractivity contribution in [1.29, 1.82) is 0 Å². The summed E-state index contributed by atoms with van der Waals surface area (Å²) in [4.78, 5) is 22.9. The number of benzene rings is 2. The van der Waals surface area contributed by atoms with Crippen LogP contribution < -0.4 is 4.90 Å². The minimum atomic E-state index is 0.106. The Morgan fingerprint density at radius 1 is 1.10 bits per heavy atom. The molecule has 2 aromatic carbocycles. The van der Waals surface area contributed by atoms with Gasteiger partial charge in [0.15, 0.2) is 5.13 Å². The van der Waals surface area contributed by atoms with E-state index >= 15 is 0 Å². The van der Waals surface area contributed by atoms with Gasteiger partial charge in [0.05, 0.1) is 10.2 Å². The maximum absolute atomic E-state index is 13.1. The van der Waals surface area contributed by atoms with Crippen LogP contribution in [-0.4, -0.2) is 48.7 Å². The quantitative estimate of drug-likeness (QED) is 0.418. The number of carbonyl (C=O) groups excluding carboxylic acids is 1. The van der Waals surface area contributed by atoms with Crippen LogP contribution >= 0.6 is 34.7 Å². The van der Waals surface area contributed by atoms with Crippen LogP contribution in [0.3, 0.4) is 0 Å². The van der Waals surface area contributed by atoms with Crippen molar-refractivity contribution in [1.82, 2.24) is 9.88 Å². The molecule has 0 saturated carbocycles. The maximum Gasteiger partial charge on any atom is 0.229 e. The van der Waals surface area contributed by atoms with Crippen LogP contribution in [0, 0.1) is 13.8 Å². The Kier molecular flexibility index (Phi) is 7.57. The van der Waals surface area contributed by atoms with Crippen molar-refractivity contribution in [3.63, 3.8) is 0 Å². The fraction of sp³-hybridized carbons (Fsp3) is 0.364. The number of carbonyl (C=O) groups is 1. The highest BCUT2D eigenvalue weighted by Gasteiger charge is 2.20. The summed E-state index contributed by atoms with van der Waals surface area (Å²) in [6.07, 6.45) is 0.474. The Hall–Kier alpha value is -1.60. The van der Waals surface area contributed by atoms with Crippen LogP contribution in [0.5, 0.6) is 0 Å². The van der Waals surface area contributed by atoms with Crippen LogP contribution in [0.25, 0.3) is 10.2 Å². The number of halogens is 1. The van der Waals surface area contributed by atoms with Gasteiger partial charge >= 0.3 is 0 Å². The number of hydrogen-bond acceptors (Lipinski definition) is 5. The summed E-state index contributed by atoms with van der Waals surface area (Å²) in [6, 6.07) is 12.3. The van der Waals surface area contributed by atoms with Crippen LogP contribution in [0.15, 0.2) is 41.3 Å². The standard InChI is InChI=1S/C22H26ClN3OS2/c1-15-5-7-17(8-6-15)28-14-11-20(27)26(13-12-25(3)4)22-24-21-16(2)18(23)9-10-19(21)29-22/h5-10H,11-14H2,1-4H3. The third-order valence-corrected chi connectivity index (χ3v) is 7.11. The molecule has 0 bridgehead atoms. The molecule has 154 valence electrons. The van der Waals surface area contributed by atoms with Gasteiger partial charge in [0.2, 0.25) is 5.91 Å². The first kappa shape index (κ1) is 22.1. The van der Waals surface area contributed by atoms with E-state index in [1.54, 1.807) is 23.1 Å². The number of nitrogens with zero attached hydrogens (tertiary/aromatic N) is 3. The summed E-state index contributed by atoms with van der Waals surface area (Å²) in [5.41, 5.74) is 3.09. The van der Waals surface area contributed by atoms with E-state index < -0.39 is 0 Å². The van der Waals surface area contributed by atoms with Crippen molar-refractivity contribution < 1.29 is 4.79 Å².